The number of hydrogen-bond donors (Lipinski definition) is 0. The zero-order valence-corrected chi connectivity index (χ0v) is 22.4. The van der Waals surface area contributed by atoms with Gasteiger partial charge in [-0.25, -0.2) is 21.4 Å². The van der Waals surface area contributed by atoms with Gasteiger partial charge in [0, 0.05) is 33.5 Å². The third kappa shape index (κ3) is 8.45. The quantitative estimate of drug-likeness (QED) is 0.207. The second-order valence-electron chi connectivity index (χ2n) is 6.98. The van der Waals surface area contributed by atoms with Crippen LogP contribution in [0.3, 0.4) is 0 Å². The van der Waals surface area contributed by atoms with Crippen molar-refractivity contribution in [2.24, 2.45) is 0 Å². The van der Waals surface area contributed by atoms with Gasteiger partial charge >= 0.3 is 31.7 Å². The molecule has 0 aliphatic rings. The summed E-state index contributed by atoms with van der Waals surface area (Å²) in [5.74, 6) is 0. The summed E-state index contributed by atoms with van der Waals surface area (Å²) < 4.78 is 179. The maximum Gasteiger partial charge on any atom is 0.569 e. The molecule has 0 fully saturated rings. The molecule has 0 amide bonds. The molecule has 0 aromatic carbocycles. The molecule has 0 radical (unpaired) electrons. The summed E-state index contributed by atoms with van der Waals surface area (Å²) in [4.78, 5) is 0. The molecule has 9 nitrogen and oxygen atoms in total. The predicted molar refractivity (Wildman–Crippen MR) is 111 cm³/mol. The van der Waals surface area contributed by atoms with Crippen LogP contribution in [0.15, 0.2) is 24.5 Å². The van der Waals surface area contributed by atoms with Gasteiger partial charge in [-0.2, -0.15) is 43.9 Å². The van der Waals surface area contributed by atoms with Crippen LogP contribution in [-0.2, 0) is 45.9 Å². The predicted octanol–water partition coefficient (Wildman–Crippen LogP) is 3.67. The van der Waals surface area contributed by atoms with Gasteiger partial charge < -0.3 is 17.4 Å². The van der Waals surface area contributed by atoms with Crippen molar-refractivity contribution in [2.45, 2.75) is 48.8 Å². The van der Waals surface area contributed by atoms with E-state index in [4.69, 9.17) is 13.3 Å². The van der Waals surface area contributed by atoms with Gasteiger partial charge in [0.1, 0.15) is 0 Å². The molecule has 22 heteroatoms. The van der Waals surface area contributed by atoms with E-state index < -0.39 is 51.7 Å². The molecule has 0 aliphatic heterocycles. The lowest BCUT2D eigenvalue weighted by molar-refractivity contribution is -0.685. The van der Waals surface area contributed by atoms with E-state index in [1.165, 1.54) is 5.56 Å². The van der Waals surface area contributed by atoms with E-state index in [1.807, 2.05) is 17.0 Å². The Bertz CT molecular complexity index is 1050. The van der Waals surface area contributed by atoms with Gasteiger partial charge in [0.2, 0.25) is 6.17 Å². The number of nitrogens with zero attached hydrogens (tertiary/aromatic N) is 2. The van der Waals surface area contributed by atoms with Crippen LogP contribution in [0.25, 0.3) is 4.13 Å². The molecule has 1 aromatic rings. The van der Waals surface area contributed by atoms with Crippen molar-refractivity contribution in [3.8, 4) is 0 Å². The monoisotopic (exact) mass is 636 g/mol. The van der Waals surface area contributed by atoms with Crippen molar-refractivity contribution in [3.63, 3.8) is 0 Å². The number of pyridine rings is 1. The molecule has 1 rings (SSSR count). The van der Waals surface area contributed by atoms with Crippen LogP contribution in [0.2, 0.25) is 0 Å². The molecule has 0 atom stereocenters. The summed E-state index contributed by atoms with van der Waals surface area (Å²) in [6.07, 6.45) is -7.01. The standard InChI is InChI=1S/C12H22NO3Si.C4F10NO4S2/c1-5-6-12-7-9-13(10-8-12)11-17(14-2,15-3)16-4;5-1(6,7)3(11,12)20(16,17)15-21(18,19)4(13,14)2(8,9)10/h7-10H,5-6,11H2,1-4H3;/q+1;-1. The van der Waals surface area contributed by atoms with Crippen molar-refractivity contribution in [1.82, 2.24) is 0 Å². The Labute approximate surface area is 212 Å². The fourth-order valence-corrected chi connectivity index (χ4v) is 6.14. The summed E-state index contributed by atoms with van der Waals surface area (Å²) in [7, 11) is -12.9. The third-order valence-electron chi connectivity index (χ3n) is 4.31. The summed E-state index contributed by atoms with van der Waals surface area (Å²) >= 11 is 0. The zero-order valence-electron chi connectivity index (χ0n) is 19.8. The van der Waals surface area contributed by atoms with Crippen LogP contribution in [0.5, 0.6) is 0 Å². The summed E-state index contributed by atoms with van der Waals surface area (Å²) in [6, 6.07) is 4.26. The Morgan fingerprint density at radius 1 is 0.763 bits per heavy atom. The number of aromatic nitrogens is 1. The second kappa shape index (κ2) is 12.7. The van der Waals surface area contributed by atoms with Crippen molar-refractivity contribution in [2.75, 3.05) is 21.3 Å². The number of halogens is 10. The second-order valence-corrected chi connectivity index (χ2v) is 13.4. The SMILES string of the molecule is CCCc1cc[n+](C[Si](OC)(OC)OC)cc1.O=S(=O)([N-]S(=O)(=O)C(F)(F)C(F)(F)F)C(F)(F)C(F)(F)F. The van der Waals surface area contributed by atoms with E-state index in [2.05, 4.69) is 19.1 Å². The molecule has 0 saturated heterocycles. The lowest BCUT2D eigenvalue weighted by atomic mass is 10.2. The number of rotatable bonds is 11. The average Bonchev–Trinajstić information content (AvgIpc) is 2.77. The number of alkyl halides is 10. The number of hydrogen-bond acceptors (Lipinski definition) is 7. The molecule has 0 bridgehead atoms. The van der Waals surface area contributed by atoms with Crippen molar-refractivity contribution < 1.29 is 78.6 Å². The van der Waals surface area contributed by atoms with Gasteiger partial charge in [-0.05, 0) is 12.0 Å². The van der Waals surface area contributed by atoms with Crippen LogP contribution in [0, 0.1) is 0 Å². The Kier molecular flexibility index (Phi) is 12.2. The lowest BCUT2D eigenvalue weighted by Crippen LogP contribution is -2.56. The first-order valence-corrected chi connectivity index (χ1v) is 14.5. The highest BCUT2D eigenvalue weighted by molar-refractivity contribution is 8.13. The molecule has 1 aromatic heterocycles. The summed E-state index contributed by atoms with van der Waals surface area (Å²) in [5.41, 5.74) is 1.35. The topological polar surface area (TPSA) is 114 Å². The summed E-state index contributed by atoms with van der Waals surface area (Å²) in [6.45, 7) is 2.18. The van der Waals surface area contributed by atoms with Gasteiger partial charge in [0.05, 0.1) is 0 Å². The average molecular weight is 637 g/mol. The molecule has 0 spiro atoms. The summed E-state index contributed by atoms with van der Waals surface area (Å²) in [5, 5.41) is -14.0. The largest absolute Gasteiger partial charge is 0.569 e. The van der Waals surface area contributed by atoms with Gasteiger partial charge in [0.15, 0.2) is 32.4 Å². The Morgan fingerprint density at radius 2 is 1.11 bits per heavy atom. The highest BCUT2D eigenvalue weighted by Crippen LogP contribution is 2.47. The van der Waals surface area contributed by atoms with Crippen LogP contribution >= 0.6 is 0 Å². The lowest BCUT2D eigenvalue weighted by Gasteiger charge is -2.31. The first-order valence-electron chi connectivity index (χ1n) is 9.66. The first kappa shape index (κ1) is 36.4. The van der Waals surface area contributed by atoms with E-state index in [-0.39, 0.29) is 0 Å². The fraction of sp³-hybridized carbons (Fsp3) is 0.688. The molecule has 38 heavy (non-hydrogen) atoms. The molecule has 1 heterocycles. The van der Waals surface area contributed by atoms with Gasteiger partial charge in [-0.3, -0.25) is 0 Å². The van der Waals surface area contributed by atoms with Gasteiger partial charge in [0.25, 0.3) is 0 Å². The van der Waals surface area contributed by atoms with E-state index in [1.54, 1.807) is 21.3 Å². The molecule has 0 saturated carbocycles. The van der Waals surface area contributed by atoms with Crippen molar-refractivity contribution in [1.29, 1.82) is 0 Å². The van der Waals surface area contributed by atoms with E-state index in [0.29, 0.717) is 10.3 Å². The van der Waals surface area contributed by atoms with Crippen molar-refractivity contribution >= 4 is 28.9 Å². The maximum atomic E-state index is 12.3. The van der Waals surface area contributed by atoms with Crippen LogP contribution < -0.4 is 4.57 Å². The molecule has 0 aliphatic carbocycles. The molecule has 0 unspecified atom stereocenters. The number of sulfonamides is 2. The third-order valence-corrected chi connectivity index (χ3v) is 10.3. The van der Waals surface area contributed by atoms with Gasteiger partial charge in [-0.1, -0.05) is 13.3 Å². The Hall–Kier alpha value is -1.59. The van der Waals surface area contributed by atoms with Crippen LogP contribution in [-0.4, -0.2) is 69.8 Å². The number of aryl methyl sites for hydroxylation is 1. The maximum absolute atomic E-state index is 12.3. The molecular formula is C16H22F10N2O7S2Si. The van der Waals surface area contributed by atoms with Gasteiger partial charge in [-0.15, -0.1) is 0 Å². The highest BCUT2D eigenvalue weighted by Gasteiger charge is 2.68. The highest BCUT2D eigenvalue weighted by atomic mass is 32.3. The first-order chi connectivity index (χ1) is 16.9. The van der Waals surface area contributed by atoms with E-state index in [0.717, 1.165) is 12.8 Å². The molecule has 224 valence electrons. The molecule has 0 N–H and O–H groups in total. The molecular weight excluding hydrogens is 614 g/mol. The normalized spacial score (nSPS) is 14.2. The van der Waals surface area contributed by atoms with Crippen LogP contribution in [0.1, 0.15) is 18.9 Å². The Balaban J connectivity index is 0.000000735. The minimum atomic E-state index is -7.62. The minimum Gasteiger partial charge on any atom is -0.425 e. The fourth-order valence-electron chi connectivity index (χ4n) is 2.23. The smallest absolute Gasteiger partial charge is 0.425 e. The van der Waals surface area contributed by atoms with E-state index >= 15 is 0 Å². The Morgan fingerprint density at radius 3 is 1.37 bits per heavy atom. The zero-order chi connectivity index (χ0) is 30.4. The van der Waals surface area contributed by atoms with Crippen molar-refractivity contribution in [3.05, 3.63) is 34.2 Å². The van der Waals surface area contributed by atoms with E-state index in [9.17, 15) is 60.7 Å². The van der Waals surface area contributed by atoms with Crippen LogP contribution in [0.4, 0.5) is 43.9 Å². The minimum absolute atomic E-state index is 0.422.